The van der Waals surface area contributed by atoms with Gasteiger partial charge in [-0.25, -0.2) is 4.98 Å². The number of aromatic nitrogens is 3. The number of anilines is 1. The average molecular weight is 251 g/mol. The number of hydrogen-bond acceptors (Lipinski definition) is 3. The molecule has 0 radical (unpaired) electrons. The van der Waals surface area contributed by atoms with Crippen LogP contribution in [0.2, 0.25) is 5.15 Å². The van der Waals surface area contributed by atoms with Crippen LogP contribution in [0, 0.1) is 6.92 Å². The van der Waals surface area contributed by atoms with Gasteiger partial charge in [0.2, 0.25) is 0 Å². The summed E-state index contributed by atoms with van der Waals surface area (Å²) in [4.78, 5) is 3.95. The Morgan fingerprint density at radius 2 is 2.24 bits per heavy atom. The van der Waals surface area contributed by atoms with Gasteiger partial charge in [-0.15, -0.1) is 0 Å². The summed E-state index contributed by atoms with van der Waals surface area (Å²) < 4.78 is 1.82. The van der Waals surface area contributed by atoms with Crippen LogP contribution in [0.4, 0.5) is 5.69 Å². The fourth-order valence-electron chi connectivity index (χ4n) is 1.86. The summed E-state index contributed by atoms with van der Waals surface area (Å²) in [6, 6.07) is 3.89. The maximum atomic E-state index is 5.84. The molecule has 90 valence electrons. The molecular formula is C12H15ClN4. The van der Waals surface area contributed by atoms with E-state index in [2.05, 4.69) is 22.3 Å². The molecule has 2 aromatic rings. The van der Waals surface area contributed by atoms with E-state index in [-0.39, 0.29) is 6.04 Å². The van der Waals surface area contributed by atoms with E-state index in [4.69, 9.17) is 11.6 Å². The molecule has 0 spiro atoms. The fraction of sp³-hybridized carbons (Fsp3) is 0.333. The van der Waals surface area contributed by atoms with Crippen LogP contribution in [0.5, 0.6) is 0 Å². The standard InChI is InChI=1S/C12H15ClN4/c1-8(11-7-17(3)16-9(11)2)15-10-4-5-14-12(13)6-10/h4-8H,1-3H3,(H,14,15). The molecule has 2 aromatic heterocycles. The first-order valence-corrected chi connectivity index (χ1v) is 5.82. The van der Waals surface area contributed by atoms with Gasteiger partial charge in [-0.1, -0.05) is 11.6 Å². The van der Waals surface area contributed by atoms with Gasteiger partial charge >= 0.3 is 0 Å². The third-order valence-corrected chi connectivity index (χ3v) is 2.83. The molecule has 2 rings (SSSR count). The quantitative estimate of drug-likeness (QED) is 0.852. The fourth-order valence-corrected chi connectivity index (χ4v) is 2.04. The topological polar surface area (TPSA) is 42.7 Å². The maximum absolute atomic E-state index is 5.84. The molecule has 0 fully saturated rings. The first-order valence-electron chi connectivity index (χ1n) is 5.44. The largest absolute Gasteiger partial charge is 0.378 e. The third kappa shape index (κ3) is 2.77. The van der Waals surface area contributed by atoms with Crippen LogP contribution in [0.1, 0.15) is 24.2 Å². The Labute approximate surface area is 106 Å². The molecule has 1 atom stereocenters. The second kappa shape index (κ2) is 4.75. The molecular weight excluding hydrogens is 236 g/mol. The van der Waals surface area contributed by atoms with Crippen molar-refractivity contribution in [3.8, 4) is 0 Å². The number of halogens is 1. The molecule has 0 saturated carbocycles. The number of nitrogens with zero attached hydrogens (tertiary/aromatic N) is 3. The zero-order valence-corrected chi connectivity index (χ0v) is 10.9. The van der Waals surface area contributed by atoms with Crippen molar-refractivity contribution in [3.05, 3.63) is 40.9 Å². The van der Waals surface area contributed by atoms with Crippen LogP contribution in [-0.2, 0) is 7.05 Å². The molecule has 2 heterocycles. The predicted molar refractivity (Wildman–Crippen MR) is 69.2 cm³/mol. The van der Waals surface area contributed by atoms with E-state index < -0.39 is 0 Å². The molecule has 1 N–H and O–H groups in total. The third-order valence-electron chi connectivity index (χ3n) is 2.63. The Balaban J connectivity index is 2.16. The molecule has 0 saturated heterocycles. The highest BCUT2D eigenvalue weighted by Crippen LogP contribution is 2.22. The van der Waals surface area contributed by atoms with Gasteiger partial charge in [0.25, 0.3) is 0 Å². The van der Waals surface area contributed by atoms with Crippen LogP contribution in [-0.4, -0.2) is 14.8 Å². The summed E-state index contributed by atoms with van der Waals surface area (Å²) in [5.41, 5.74) is 3.17. The minimum Gasteiger partial charge on any atom is -0.378 e. The normalized spacial score (nSPS) is 12.5. The van der Waals surface area contributed by atoms with Gasteiger partial charge < -0.3 is 5.32 Å². The van der Waals surface area contributed by atoms with Crippen molar-refractivity contribution in [2.45, 2.75) is 19.9 Å². The van der Waals surface area contributed by atoms with Crippen LogP contribution < -0.4 is 5.32 Å². The van der Waals surface area contributed by atoms with Gasteiger partial charge in [-0.05, 0) is 26.0 Å². The van der Waals surface area contributed by atoms with E-state index in [9.17, 15) is 0 Å². The Morgan fingerprint density at radius 3 is 2.82 bits per heavy atom. The van der Waals surface area contributed by atoms with Crippen molar-refractivity contribution in [2.24, 2.45) is 7.05 Å². The molecule has 0 bridgehead atoms. The Morgan fingerprint density at radius 1 is 1.47 bits per heavy atom. The smallest absolute Gasteiger partial charge is 0.131 e. The van der Waals surface area contributed by atoms with Gasteiger partial charge in [-0.2, -0.15) is 5.10 Å². The lowest BCUT2D eigenvalue weighted by molar-refractivity contribution is 0.756. The van der Waals surface area contributed by atoms with Crippen molar-refractivity contribution < 1.29 is 0 Å². The number of nitrogens with one attached hydrogen (secondary N) is 1. The second-order valence-corrected chi connectivity index (χ2v) is 4.46. The van der Waals surface area contributed by atoms with Crippen LogP contribution >= 0.6 is 11.6 Å². The molecule has 5 heteroatoms. The predicted octanol–water partition coefficient (Wildman–Crippen LogP) is 2.95. The van der Waals surface area contributed by atoms with E-state index in [1.165, 1.54) is 5.56 Å². The van der Waals surface area contributed by atoms with Crippen molar-refractivity contribution in [1.29, 1.82) is 0 Å². The van der Waals surface area contributed by atoms with Crippen molar-refractivity contribution in [3.63, 3.8) is 0 Å². The van der Waals surface area contributed by atoms with Gasteiger partial charge in [0.15, 0.2) is 0 Å². The van der Waals surface area contributed by atoms with E-state index >= 15 is 0 Å². The molecule has 0 aromatic carbocycles. The summed E-state index contributed by atoms with van der Waals surface area (Å²) in [6.07, 6.45) is 3.71. The summed E-state index contributed by atoms with van der Waals surface area (Å²) in [6.45, 7) is 4.10. The molecule has 0 amide bonds. The van der Waals surface area contributed by atoms with E-state index in [0.29, 0.717) is 5.15 Å². The first kappa shape index (κ1) is 11.9. The highest BCUT2D eigenvalue weighted by Gasteiger charge is 2.11. The summed E-state index contributed by atoms with van der Waals surface area (Å²) >= 11 is 5.84. The molecule has 1 unspecified atom stereocenters. The number of pyridine rings is 1. The van der Waals surface area contributed by atoms with Gasteiger partial charge in [0.1, 0.15) is 5.15 Å². The Bertz CT molecular complexity index is 521. The van der Waals surface area contributed by atoms with Gasteiger partial charge in [-0.3, -0.25) is 4.68 Å². The van der Waals surface area contributed by atoms with Crippen LogP contribution in [0.25, 0.3) is 0 Å². The number of hydrogen-bond donors (Lipinski definition) is 1. The molecule has 4 nitrogen and oxygen atoms in total. The van der Waals surface area contributed by atoms with E-state index in [0.717, 1.165) is 11.4 Å². The maximum Gasteiger partial charge on any atom is 0.131 e. The van der Waals surface area contributed by atoms with Crippen LogP contribution in [0.15, 0.2) is 24.5 Å². The molecule has 0 aliphatic carbocycles. The van der Waals surface area contributed by atoms with Gasteiger partial charge in [0.05, 0.1) is 11.7 Å². The SMILES string of the molecule is Cc1nn(C)cc1C(C)Nc1ccnc(Cl)c1. The lowest BCUT2D eigenvalue weighted by Gasteiger charge is -2.14. The number of rotatable bonds is 3. The average Bonchev–Trinajstić information content (AvgIpc) is 2.58. The Kier molecular flexibility index (Phi) is 3.33. The highest BCUT2D eigenvalue weighted by atomic mass is 35.5. The summed E-state index contributed by atoms with van der Waals surface area (Å²) in [5, 5.41) is 8.20. The zero-order valence-electron chi connectivity index (χ0n) is 10.1. The molecule has 17 heavy (non-hydrogen) atoms. The lowest BCUT2D eigenvalue weighted by Crippen LogP contribution is -2.07. The lowest BCUT2D eigenvalue weighted by atomic mass is 10.1. The zero-order chi connectivity index (χ0) is 12.4. The minimum absolute atomic E-state index is 0.183. The first-order chi connectivity index (χ1) is 8.06. The highest BCUT2D eigenvalue weighted by molar-refractivity contribution is 6.29. The number of aryl methyl sites for hydroxylation is 2. The van der Waals surface area contributed by atoms with Crippen molar-refractivity contribution in [2.75, 3.05) is 5.32 Å². The summed E-state index contributed by atoms with van der Waals surface area (Å²) in [5.74, 6) is 0. The summed E-state index contributed by atoms with van der Waals surface area (Å²) in [7, 11) is 1.92. The van der Waals surface area contributed by atoms with Crippen molar-refractivity contribution >= 4 is 17.3 Å². The van der Waals surface area contributed by atoms with E-state index in [1.54, 1.807) is 6.20 Å². The van der Waals surface area contributed by atoms with E-state index in [1.807, 2.05) is 37.0 Å². The monoisotopic (exact) mass is 250 g/mol. The second-order valence-electron chi connectivity index (χ2n) is 4.08. The van der Waals surface area contributed by atoms with Crippen molar-refractivity contribution in [1.82, 2.24) is 14.8 Å². The van der Waals surface area contributed by atoms with Crippen LogP contribution in [0.3, 0.4) is 0 Å². The molecule has 0 aliphatic heterocycles. The minimum atomic E-state index is 0.183. The molecule has 0 aliphatic rings. The van der Waals surface area contributed by atoms with Gasteiger partial charge in [0, 0.05) is 30.7 Å². The Hall–Kier alpha value is -1.55.